The molecule has 3 N–H and O–H groups in total. The molecule has 0 aliphatic rings. The minimum absolute atomic E-state index is 0.0320. The number of benzene rings is 1. The van der Waals surface area contributed by atoms with Gasteiger partial charge in [-0.2, -0.15) is 17.4 Å². The fourth-order valence-corrected chi connectivity index (χ4v) is 2.58. The van der Waals surface area contributed by atoms with Crippen LogP contribution in [0.4, 0.5) is 0 Å². The molecule has 0 amide bonds. The number of methoxy groups -OCH3 is 1. The number of nitrogens with one attached hydrogen (secondary N) is 1. The Labute approximate surface area is 123 Å². The van der Waals surface area contributed by atoms with Crippen LogP contribution < -0.4 is 9.46 Å². The first-order valence-corrected chi connectivity index (χ1v) is 7.44. The summed E-state index contributed by atoms with van der Waals surface area (Å²) >= 11 is 0. The van der Waals surface area contributed by atoms with E-state index >= 15 is 0 Å². The van der Waals surface area contributed by atoms with E-state index in [-0.39, 0.29) is 6.54 Å². The van der Waals surface area contributed by atoms with Gasteiger partial charge in [0.2, 0.25) is 0 Å². The van der Waals surface area contributed by atoms with Crippen molar-refractivity contribution in [2.24, 2.45) is 0 Å². The lowest BCUT2D eigenvalue weighted by Crippen LogP contribution is -2.48. The third kappa shape index (κ3) is 4.97. The van der Waals surface area contributed by atoms with Gasteiger partial charge in [0.05, 0.1) is 13.7 Å². The van der Waals surface area contributed by atoms with E-state index in [1.165, 1.54) is 14.2 Å². The van der Waals surface area contributed by atoms with Crippen molar-refractivity contribution in [3.8, 4) is 5.75 Å². The highest BCUT2D eigenvalue weighted by Crippen LogP contribution is 2.14. The number of aliphatic hydroxyl groups is 1. The monoisotopic (exact) mass is 318 g/mol. The Morgan fingerprint density at radius 2 is 2.14 bits per heavy atom. The summed E-state index contributed by atoms with van der Waals surface area (Å²) in [5.41, 5.74) is 0.679. The largest absolute Gasteiger partial charge is 0.497 e. The van der Waals surface area contributed by atoms with Gasteiger partial charge in [-0.15, -0.1) is 0 Å². The number of ether oxygens (including phenoxy) is 1. The fourth-order valence-electron chi connectivity index (χ4n) is 1.55. The summed E-state index contributed by atoms with van der Waals surface area (Å²) in [7, 11) is -1.23. The Balaban J connectivity index is 2.81. The van der Waals surface area contributed by atoms with Crippen LogP contribution in [0.25, 0.3) is 0 Å². The van der Waals surface area contributed by atoms with E-state index in [0.717, 1.165) is 4.31 Å². The number of aliphatic hydroxyl groups excluding tert-OH is 1. The van der Waals surface area contributed by atoms with Gasteiger partial charge in [0.1, 0.15) is 11.8 Å². The molecule has 0 bridgehead atoms. The standard InChI is InChI=1S/C12H18N2O6S/c1-14(7-9-4-3-5-10(6-9)20-2)21(18,19)13-11(8-15)12(16)17/h3-6,11,13,15H,7-8H2,1-2H3,(H,16,17)/t11-/m0/s1. The Hall–Kier alpha value is -1.68. The lowest BCUT2D eigenvalue weighted by atomic mass is 10.2. The lowest BCUT2D eigenvalue weighted by Gasteiger charge is -2.20. The third-order valence-corrected chi connectivity index (χ3v) is 4.25. The zero-order valence-corrected chi connectivity index (χ0v) is 12.5. The number of aliphatic carboxylic acids is 1. The van der Waals surface area contributed by atoms with Crippen molar-refractivity contribution in [1.82, 2.24) is 9.03 Å². The number of carboxylic acid groups (broad SMARTS) is 1. The molecule has 0 aliphatic heterocycles. The second-order valence-corrected chi connectivity index (χ2v) is 6.11. The van der Waals surface area contributed by atoms with Crippen molar-refractivity contribution in [3.05, 3.63) is 29.8 Å². The molecule has 0 aliphatic carbocycles. The first kappa shape index (κ1) is 17.4. The molecule has 1 aromatic rings. The Kier molecular flexibility index (Phi) is 6.09. The molecule has 0 heterocycles. The highest BCUT2D eigenvalue weighted by Gasteiger charge is 2.26. The number of rotatable bonds is 8. The van der Waals surface area contributed by atoms with E-state index in [1.807, 2.05) is 4.72 Å². The average Bonchev–Trinajstić information content (AvgIpc) is 2.44. The van der Waals surface area contributed by atoms with Gasteiger partial charge in [-0.25, -0.2) is 0 Å². The second-order valence-electron chi connectivity index (χ2n) is 4.30. The molecular formula is C12H18N2O6S. The fraction of sp³-hybridized carbons (Fsp3) is 0.417. The molecule has 9 heteroatoms. The molecule has 1 atom stereocenters. The van der Waals surface area contributed by atoms with E-state index < -0.39 is 28.8 Å². The zero-order valence-electron chi connectivity index (χ0n) is 11.7. The molecule has 1 aromatic carbocycles. The molecule has 0 unspecified atom stereocenters. The average molecular weight is 318 g/mol. The normalized spacial score (nSPS) is 13.1. The predicted molar refractivity (Wildman–Crippen MR) is 75.0 cm³/mol. The molecule has 0 aromatic heterocycles. The molecule has 0 radical (unpaired) electrons. The summed E-state index contributed by atoms with van der Waals surface area (Å²) in [4.78, 5) is 10.8. The molecule has 21 heavy (non-hydrogen) atoms. The summed E-state index contributed by atoms with van der Waals surface area (Å²) in [5.74, 6) is -0.860. The van der Waals surface area contributed by atoms with Crippen LogP contribution in [0.2, 0.25) is 0 Å². The van der Waals surface area contributed by atoms with Crippen LogP contribution in [0.15, 0.2) is 24.3 Å². The van der Waals surface area contributed by atoms with Gasteiger partial charge < -0.3 is 14.9 Å². The topological polar surface area (TPSA) is 116 Å². The molecule has 118 valence electrons. The van der Waals surface area contributed by atoms with Gasteiger partial charge in [0.15, 0.2) is 0 Å². The van der Waals surface area contributed by atoms with Gasteiger partial charge in [-0.1, -0.05) is 12.1 Å². The van der Waals surface area contributed by atoms with Crippen molar-refractivity contribution in [3.63, 3.8) is 0 Å². The Morgan fingerprint density at radius 1 is 1.48 bits per heavy atom. The van der Waals surface area contributed by atoms with Crippen LogP contribution in [0, 0.1) is 0 Å². The molecule has 0 saturated carbocycles. The van der Waals surface area contributed by atoms with Gasteiger partial charge in [0.25, 0.3) is 10.2 Å². The van der Waals surface area contributed by atoms with E-state index in [0.29, 0.717) is 11.3 Å². The Bertz CT molecular complexity index is 589. The number of hydrogen-bond acceptors (Lipinski definition) is 5. The van der Waals surface area contributed by atoms with Crippen LogP contribution in [0.1, 0.15) is 5.56 Å². The highest BCUT2D eigenvalue weighted by atomic mass is 32.2. The van der Waals surface area contributed by atoms with Gasteiger partial charge in [-0.3, -0.25) is 4.79 Å². The number of carbonyl (C=O) groups is 1. The maximum Gasteiger partial charge on any atom is 0.324 e. The molecular weight excluding hydrogens is 300 g/mol. The van der Waals surface area contributed by atoms with E-state index in [1.54, 1.807) is 24.3 Å². The number of carboxylic acids is 1. The summed E-state index contributed by atoms with van der Waals surface area (Å²) in [6.45, 7) is -0.800. The zero-order chi connectivity index (χ0) is 16.0. The minimum Gasteiger partial charge on any atom is -0.497 e. The Morgan fingerprint density at radius 3 is 2.67 bits per heavy atom. The predicted octanol–water partition coefficient (Wildman–Crippen LogP) is -0.593. The quantitative estimate of drug-likeness (QED) is 0.590. The molecule has 0 fully saturated rings. The number of hydrogen-bond donors (Lipinski definition) is 3. The van der Waals surface area contributed by atoms with Gasteiger partial charge in [0, 0.05) is 13.6 Å². The third-order valence-electron chi connectivity index (χ3n) is 2.72. The van der Waals surface area contributed by atoms with Gasteiger partial charge in [-0.05, 0) is 17.7 Å². The summed E-state index contributed by atoms with van der Waals surface area (Å²) in [6, 6.07) is 5.25. The SMILES string of the molecule is COc1cccc(CN(C)S(=O)(=O)N[C@@H](CO)C(=O)O)c1. The summed E-state index contributed by atoms with van der Waals surface area (Å²) < 4.78 is 31.8. The van der Waals surface area contributed by atoms with Crippen LogP contribution in [-0.2, 0) is 21.5 Å². The van der Waals surface area contributed by atoms with Crippen LogP contribution in [-0.4, -0.2) is 55.7 Å². The maximum absolute atomic E-state index is 12.0. The van der Waals surface area contributed by atoms with Crippen molar-refractivity contribution < 1.29 is 28.2 Å². The van der Waals surface area contributed by atoms with Crippen LogP contribution in [0.5, 0.6) is 5.75 Å². The molecule has 0 spiro atoms. The second kappa shape index (κ2) is 7.36. The highest BCUT2D eigenvalue weighted by molar-refractivity contribution is 7.87. The lowest BCUT2D eigenvalue weighted by molar-refractivity contribution is -0.139. The molecule has 0 saturated heterocycles. The van der Waals surface area contributed by atoms with Crippen molar-refractivity contribution in [2.45, 2.75) is 12.6 Å². The first-order valence-electron chi connectivity index (χ1n) is 6.00. The minimum atomic E-state index is -4.03. The summed E-state index contributed by atoms with van der Waals surface area (Å²) in [5, 5.41) is 17.6. The first-order chi connectivity index (χ1) is 9.80. The summed E-state index contributed by atoms with van der Waals surface area (Å²) in [6.07, 6.45) is 0. The molecule has 1 rings (SSSR count). The van der Waals surface area contributed by atoms with E-state index in [2.05, 4.69) is 0 Å². The number of nitrogens with zero attached hydrogens (tertiary/aromatic N) is 1. The van der Waals surface area contributed by atoms with Gasteiger partial charge >= 0.3 is 5.97 Å². The van der Waals surface area contributed by atoms with Crippen molar-refractivity contribution >= 4 is 16.2 Å². The van der Waals surface area contributed by atoms with E-state index in [4.69, 9.17) is 14.9 Å². The smallest absolute Gasteiger partial charge is 0.324 e. The van der Waals surface area contributed by atoms with Crippen LogP contribution >= 0.6 is 0 Å². The maximum atomic E-state index is 12.0. The molecule has 8 nitrogen and oxygen atoms in total. The van der Waals surface area contributed by atoms with Crippen molar-refractivity contribution in [2.75, 3.05) is 20.8 Å². The van der Waals surface area contributed by atoms with Crippen molar-refractivity contribution in [1.29, 1.82) is 0 Å². The van der Waals surface area contributed by atoms with E-state index in [9.17, 15) is 13.2 Å². The van der Waals surface area contributed by atoms with Crippen LogP contribution in [0.3, 0.4) is 0 Å².